The number of para-hydroxylation sites is 2. The molecule has 0 unspecified atom stereocenters. The van der Waals surface area contributed by atoms with Crippen LogP contribution in [0.15, 0.2) is 24.3 Å². The Hall–Kier alpha value is -1.22. The summed E-state index contributed by atoms with van der Waals surface area (Å²) in [5.74, 6) is 0. The molecular weight excluding hydrogens is 176 g/mol. The first-order valence-electron chi connectivity index (χ1n) is 5.07. The van der Waals surface area contributed by atoms with Crippen LogP contribution in [0.25, 0.3) is 0 Å². The highest BCUT2D eigenvalue weighted by atomic mass is 16.5. The molecule has 3 heteroatoms. The topological polar surface area (TPSA) is 38.5 Å². The third-order valence-corrected chi connectivity index (χ3v) is 3.17. The first-order valence-corrected chi connectivity index (χ1v) is 5.07. The van der Waals surface area contributed by atoms with Crippen molar-refractivity contribution in [2.45, 2.75) is 18.5 Å². The molecule has 1 aromatic carbocycles. The molecule has 0 amide bonds. The number of hydrogen-bond donors (Lipinski definition) is 1. The first kappa shape index (κ1) is 8.12. The SMILES string of the molecule is Nc1ccccc1N1[C@H]2COC[C@H]1C2. The predicted molar refractivity (Wildman–Crippen MR) is 56.3 cm³/mol. The molecule has 2 aliphatic heterocycles. The van der Waals surface area contributed by atoms with E-state index in [4.69, 9.17) is 10.5 Å². The molecule has 2 saturated heterocycles. The lowest BCUT2D eigenvalue weighted by Crippen LogP contribution is -2.64. The van der Waals surface area contributed by atoms with Gasteiger partial charge in [-0.15, -0.1) is 0 Å². The standard InChI is InChI=1S/C11H14N2O/c12-10-3-1-2-4-11(10)13-8-5-9(13)7-14-6-8/h1-4,8-9H,5-7,12H2/t8-,9-/m1/s1. The zero-order valence-corrected chi connectivity index (χ0v) is 8.02. The Labute approximate surface area is 83.5 Å². The van der Waals surface area contributed by atoms with Crippen LogP contribution in [0.3, 0.4) is 0 Å². The van der Waals surface area contributed by atoms with Crippen molar-refractivity contribution >= 4 is 11.4 Å². The van der Waals surface area contributed by atoms with Gasteiger partial charge in [0, 0.05) is 0 Å². The minimum absolute atomic E-state index is 0.554. The Morgan fingerprint density at radius 1 is 1.21 bits per heavy atom. The average Bonchev–Trinajstić information content (AvgIpc) is 2.22. The second kappa shape index (κ2) is 2.89. The number of fused-ring (bicyclic) bond motifs is 2. The summed E-state index contributed by atoms with van der Waals surface area (Å²) in [7, 11) is 0. The second-order valence-electron chi connectivity index (χ2n) is 4.05. The van der Waals surface area contributed by atoms with E-state index in [1.54, 1.807) is 0 Å². The van der Waals surface area contributed by atoms with Crippen molar-refractivity contribution in [1.29, 1.82) is 0 Å². The van der Waals surface area contributed by atoms with Crippen LogP contribution < -0.4 is 10.6 Å². The molecule has 2 aliphatic rings. The van der Waals surface area contributed by atoms with Gasteiger partial charge in [0.15, 0.2) is 0 Å². The van der Waals surface area contributed by atoms with Crippen LogP contribution in [0.2, 0.25) is 0 Å². The van der Waals surface area contributed by atoms with Gasteiger partial charge in [0.2, 0.25) is 0 Å². The lowest BCUT2D eigenvalue weighted by molar-refractivity contribution is 0.0104. The highest BCUT2D eigenvalue weighted by Crippen LogP contribution is 2.38. The summed E-state index contributed by atoms with van der Waals surface area (Å²) >= 11 is 0. The van der Waals surface area contributed by atoms with Gasteiger partial charge in [-0.2, -0.15) is 0 Å². The summed E-state index contributed by atoms with van der Waals surface area (Å²) in [6.45, 7) is 1.70. The molecule has 0 radical (unpaired) electrons. The summed E-state index contributed by atoms with van der Waals surface area (Å²) in [6.07, 6.45) is 1.26. The maximum Gasteiger partial charge on any atom is 0.0672 e. The highest BCUT2D eigenvalue weighted by molar-refractivity contribution is 5.69. The molecule has 1 aromatic rings. The van der Waals surface area contributed by atoms with Crippen LogP contribution in [-0.2, 0) is 4.74 Å². The van der Waals surface area contributed by atoms with Crippen molar-refractivity contribution in [3.05, 3.63) is 24.3 Å². The minimum Gasteiger partial charge on any atom is -0.397 e. The number of rotatable bonds is 1. The van der Waals surface area contributed by atoms with Gasteiger partial charge in [0.25, 0.3) is 0 Å². The Kier molecular flexibility index (Phi) is 1.67. The molecule has 2 heterocycles. The number of nitrogens with zero attached hydrogens (tertiary/aromatic N) is 1. The van der Waals surface area contributed by atoms with Gasteiger partial charge < -0.3 is 15.4 Å². The quantitative estimate of drug-likeness (QED) is 0.677. The smallest absolute Gasteiger partial charge is 0.0672 e. The maximum absolute atomic E-state index is 5.95. The van der Waals surface area contributed by atoms with E-state index in [1.165, 1.54) is 12.1 Å². The van der Waals surface area contributed by atoms with Crippen molar-refractivity contribution in [2.75, 3.05) is 23.8 Å². The molecule has 14 heavy (non-hydrogen) atoms. The van der Waals surface area contributed by atoms with E-state index in [2.05, 4.69) is 11.0 Å². The molecule has 0 aromatic heterocycles. The van der Waals surface area contributed by atoms with Crippen LogP contribution in [0.1, 0.15) is 6.42 Å². The van der Waals surface area contributed by atoms with E-state index < -0.39 is 0 Å². The number of benzene rings is 1. The molecule has 0 saturated carbocycles. The van der Waals surface area contributed by atoms with Gasteiger partial charge in [-0.05, 0) is 18.6 Å². The second-order valence-corrected chi connectivity index (χ2v) is 4.05. The molecule has 2 fully saturated rings. The van der Waals surface area contributed by atoms with E-state index >= 15 is 0 Å². The Morgan fingerprint density at radius 3 is 2.57 bits per heavy atom. The number of nitrogens with two attached hydrogens (primary N) is 1. The summed E-state index contributed by atoms with van der Waals surface area (Å²) in [4.78, 5) is 2.40. The van der Waals surface area contributed by atoms with Crippen molar-refractivity contribution in [3.8, 4) is 0 Å². The number of nitrogen functional groups attached to an aromatic ring is 1. The van der Waals surface area contributed by atoms with Crippen molar-refractivity contribution in [2.24, 2.45) is 0 Å². The minimum atomic E-state index is 0.554. The van der Waals surface area contributed by atoms with E-state index in [-0.39, 0.29) is 0 Å². The molecule has 2 N–H and O–H groups in total. The number of ether oxygens (including phenoxy) is 1. The lowest BCUT2D eigenvalue weighted by atomic mass is 9.90. The van der Waals surface area contributed by atoms with Crippen LogP contribution >= 0.6 is 0 Å². The van der Waals surface area contributed by atoms with Crippen LogP contribution in [0.5, 0.6) is 0 Å². The van der Waals surface area contributed by atoms with Gasteiger partial charge in [-0.25, -0.2) is 0 Å². The van der Waals surface area contributed by atoms with Crippen LogP contribution in [-0.4, -0.2) is 25.3 Å². The third-order valence-electron chi connectivity index (χ3n) is 3.17. The number of hydrogen-bond acceptors (Lipinski definition) is 3. The van der Waals surface area contributed by atoms with Gasteiger partial charge >= 0.3 is 0 Å². The van der Waals surface area contributed by atoms with Gasteiger partial charge in [0.05, 0.1) is 36.7 Å². The number of morpholine rings is 1. The molecule has 74 valence electrons. The predicted octanol–water partition coefficient (Wildman–Crippen LogP) is 1.25. The first-order chi connectivity index (χ1) is 6.86. The monoisotopic (exact) mass is 190 g/mol. The Balaban J connectivity index is 1.93. The van der Waals surface area contributed by atoms with E-state index in [9.17, 15) is 0 Å². The fourth-order valence-electron chi connectivity index (χ4n) is 2.45. The molecule has 0 spiro atoms. The van der Waals surface area contributed by atoms with Crippen molar-refractivity contribution in [3.63, 3.8) is 0 Å². The summed E-state index contributed by atoms with van der Waals surface area (Å²) in [5.41, 5.74) is 8.01. The Bertz CT molecular complexity index is 339. The van der Waals surface area contributed by atoms with Crippen LogP contribution in [0.4, 0.5) is 11.4 Å². The zero-order valence-electron chi connectivity index (χ0n) is 8.02. The summed E-state index contributed by atoms with van der Waals surface area (Å²) < 4.78 is 5.44. The highest BCUT2D eigenvalue weighted by Gasteiger charge is 2.42. The van der Waals surface area contributed by atoms with Crippen molar-refractivity contribution < 1.29 is 4.74 Å². The maximum atomic E-state index is 5.95. The largest absolute Gasteiger partial charge is 0.397 e. The average molecular weight is 190 g/mol. The van der Waals surface area contributed by atoms with Gasteiger partial charge in [-0.3, -0.25) is 0 Å². The number of anilines is 2. The van der Waals surface area contributed by atoms with Crippen molar-refractivity contribution in [1.82, 2.24) is 0 Å². The zero-order chi connectivity index (χ0) is 9.54. The van der Waals surface area contributed by atoms with Gasteiger partial charge in [-0.1, -0.05) is 12.1 Å². The normalized spacial score (nSPS) is 29.9. The molecule has 2 bridgehead atoms. The van der Waals surface area contributed by atoms with E-state index in [0.717, 1.165) is 18.9 Å². The van der Waals surface area contributed by atoms with E-state index in [0.29, 0.717) is 12.1 Å². The molecular formula is C11H14N2O. The Morgan fingerprint density at radius 2 is 1.93 bits per heavy atom. The van der Waals surface area contributed by atoms with Gasteiger partial charge in [0.1, 0.15) is 0 Å². The molecule has 2 atom stereocenters. The summed E-state index contributed by atoms with van der Waals surface area (Å²) in [6, 6.07) is 9.19. The molecule has 0 aliphatic carbocycles. The molecule has 3 nitrogen and oxygen atoms in total. The lowest BCUT2D eigenvalue weighted by Gasteiger charge is -2.54. The van der Waals surface area contributed by atoms with Crippen LogP contribution in [0, 0.1) is 0 Å². The fourth-order valence-corrected chi connectivity index (χ4v) is 2.45. The summed E-state index contributed by atoms with van der Waals surface area (Å²) in [5, 5.41) is 0. The van der Waals surface area contributed by atoms with E-state index in [1.807, 2.05) is 18.2 Å². The third kappa shape index (κ3) is 1.02. The fraction of sp³-hybridized carbons (Fsp3) is 0.455. The molecule has 3 rings (SSSR count).